The number of rotatable bonds is 5. The zero-order valence-electron chi connectivity index (χ0n) is 10.2. The van der Waals surface area contributed by atoms with Gasteiger partial charge in [0.25, 0.3) is 0 Å². The lowest BCUT2D eigenvalue weighted by molar-refractivity contribution is -0.134. The van der Waals surface area contributed by atoms with E-state index in [0.29, 0.717) is 17.1 Å². The van der Waals surface area contributed by atoms with E-state index in [1.54, 1.807) is 25.1 Å². The molecule has 0 radical (unpaired) electrons. The third kappa shape index (κ3) is 3.93. The molecule has 0 amide bonds. The van der Waals surface area contributed by atoms with Gasteiger partial charge in [-0.25, -0.2) is 4.79 Å². The second kappa shape index (κ2) is 6.44. The van der Waals surface area contributed by atoms with Crippen LogP contribution in [0.5, 0.6) is 11.5 Å². The highest BCUT2D eigenvalue weighted by Gasteiger charge is 2.08. The van der Waals surface area contributed by atoms with Crippen LogP contribution < -0.4 is 9.47 Å². The summed E-state index contributed by atoms with van der Waals surface area (Å²) >= 11 is 0. The number of carbonyl (C=O) groups excluding carboxylic acids is 1. The maximum Gasteiger partial charge on any atom is 0.328 e. The summed E-state index contributed by atoms with van der Waals surface area (Å²) in [5, 5.41) is 8.52. The summed E-state index contributed by atoms with van der Waals surface area (Å²) < 4.78 is 10.1. The minimum absolute atomic E-state index is 0.268. The number of methoxy groups -OCH3 is 1. The molecule has 5 heteroatoms. The van der Waals surface area contributed by atoms with Gasteiger partial charge < -0.3 is 14.6 Å². The van der Waals surface area contributed by atoms with Crippen molar-refractivity contribution < 1.29 is 24.2 Å². The number of carboxylic acid groups (broad SMARTS) is 1. The van der Waals surface area contributed by atoms with Crippen LogP contribution in [-0.2, 0) is 9.59 Å². The predicted molar refractivity (Wildman–Crippen MR) is 65.6 cm³/mol. The van der Waals surface area contributed by atoms with E-state index in [0.717, 1.165) is 6.08 Å². The SMILES string of the molecule is CCC(=O)Oc1ccc(C=CC(=O)O)cc1OC. The van der Waals surface area contributed by atoms with Crippen LogP contribution in [-0.4, -0.2) is 24.2 Å². The van der Waals surface area contributed by atoms with E-state index in [1.807, 2.05) is 0 Å². The van der Waals surface area contributed by atoms with Crippen LogP contribution in [0, 0.1) is 0 Å². The average Bonchev–Trinajstić information content (AvgIpc) is 2.37. The van der Waals surface area contributed by atoms with Crippen molar-refractivity contribution in [2.45, 2.75) is 13.3 Å². The Hall–Kier alpha value is -2.30. The molecular weight excluding hydrogens is 236 g/mol. The highest BCUT2D eigenvalue weighted by Crippen LogP contribution is 2.28. The Morgan fingerprint density at radius 2 is 2.06 bits per heavy atom. The summed E-state index contributed by atoms with van der Waals surface area (Å²) in [7, 11) is 1.45. The molecule has 0 aliphatic heterocycles. The molecule has 0 fully saturated rings. The molecule has 0 aliphatic rings. The van der Waals surface area contributed by atoms with Gasteiger partial charge in [-0.3, -0.25) is 4.79 Å². The topological polar surface area (TPSA) is 72.8 Å². The maximum absolute atomic E-state index is 11.2. The molecule has 18 heavy (non-hydrogen) atoms. The monoisotopic (exact) mass is 250 g/mol. The molecule has 0 aliphatic carbocycles. The Balaban J connectivity index is 2.96. The van der Waals surface area contributed by atoms with Gasteiger partial charge in [-0.15, -0.1) is 0 Å². The molecule has 5 nitrogen and oxygen atoms in total. The standard InChI is InChI=1S/C13H14O5/c1-3-13(16)18-10-6-4-9(5-7-12(14)15)8-11(10)17-2/h4-8H,3H2,1-2H3,(H,14,15). The van der Waals surface area contributed by atoms with Gasteiger partial charge in [0.15, 0.2) is 11.5 Å². The predicted octanol–water partition coefficient (Wildman–Crippen LogP) is 2.11. The molecule has 1 rings (SSSR count). The van der Waals surface area contributed by atoms with E-state index in [1.165, 1.54) is 13.2 Å². The fourth-order valence-corrected chi connectivity index (χ4v) is 1.23. The molecule has 1 N–H and O–H groups in total. The van der Waals surface area contributed by atoms with Crippen molar-refractivity contribution in [1.29, 1.82) is 0 Å². The molecule has 96 valence electrons. The van der Waals surface area contributed by atoms with Gasteiger partial charge in [-0.1, -0.05) is 13.0 Å². The molecule has 0 aromatic heterocycles. The largest absolute Gasteiger partial charge is 0.493 e. The van der Waals surface area contributed by atoms with Gasteiger partial charge in [-0.05, 0) is 23.8 Å². The smallest absolute Gasteiger partial charge is 0.328 e. The number of benzene rings is 1. The quantitative estimate of drug-likeness (QED) is 0.492. The van der Waals surface area contributed by atoms with E-state index in [-0.39, 0.29) is 12.4 Å². The summed E-state index contributed by atoms with van der Waals surface area (Å²) in [6.45, 7) is 1.69. The number of hydrogen-bond acceptors (Lipinski definition) is 4. The Labute approximate surface area is 105 Å². The zero-order chi connectivity index (χ0) is 13.5. The van der Waals surface area contributed by atoms with Crippen molar-refractivity contribution in [3.05, 3.63) is 29.8 Å². The van der Waals surface area contributed by atoms with E-state index >= 15 is 0 Å². The fraction of sp³-hybridized carbons (Fsp3) is 0.231. The molecule has 1 aromatic rings. The van der Waals surface area contributed by atoms with Gasteiger partial charge >= 0.3 is 11.9 Å². The first kappa shape index (κ1) is 13.8. The molecule has 0 atom stereocenters. The van der Waals surface area contributed by atoms with E-state index < -0.39 is 5.97 Å². The van der Waals surface area contributed by atoms with Crippen LogP contribution in [0.3, 0.4) is 0 Å². The minimum Gasteiger partial charge on any atom is -0.493 e. The third-order valence-electron chi connectivity index (χ3n) is 2.12. The molecule has 0 spiro atoms. The number of carboxylic acids is 1. The molecule has 0 unspecified atom stereocenters. The van der Waals surface area contributed by atoms with Crippen molar-refractivity contribution in [3.8, 4) is 11.5 Å². The zero-order valence-corrected chi connectivity index (χ0v) is 10.2. The number of hydrogen-bond donors (Lipinski definition) is 1. The molecule has 0 saturated heterocycles. The van der Waals surface area contributed by atoms with Crippen LogP contribution in [0.2, 0.25) is 0 Å². The normalized spacial score (nSPS) is 10.3. The number of esters is 1. The van der Waals surface area contributed by atoms with Gasteiger partial charge in [0.05, 0.1) is 7.11 Å². The fourth-order valence-electron chi connectivity index (χ4n) is 1.23. The number of carbonyl (C=O) groups is 2. The van der Waals surface area contributed by atoms with Crippen LogP contribution in [0.25, 0.3) is 6.08 Å². The van der Waals surface area contributed by atoms with Crippen molar-refractivity contribution in [2.75, 3.05) is 7.11 Å². The highest BCUT2D eigenvalue weighted by atomic mass is 16.6. The maximum atomic E-state index is 11.2. The second-order valence-corrected chi connectivity index (χ2v) is 3.41. The van der Waals surface area contributed by atoms with Crippen molar-refractivity contribution in [3.63, 3.8) is 0 Å². The Kier molecular flexibility index (Phi) is 4.92. The van der Waals surface area contributed by atoms with Gasteiger partial charge in [0, 0.05) is 12.5 Å². The van der Waals surface area contributed by atoms with E-state index in [4.69, 9.17) is 14.6 Å². The summed E-state index contributed by atoms with van der Waals surface area (Å²) in [6, 6.07) is 4.80. The average molecular weight is 250 g/mol. The first-order valence-electron chi connectivity index (χ1n) is 5.36. The van der Waals surface area contributed by atoms with Crippen LogP contribution in [0.1, 0.15) is 18.9 Å². The molecular formula is C13H14O5. The highest BCUT2D eigenvalue weighted by molar-refractivity contribution is 5.85. The lowest BCUT2D eigenvalue weighted by Crippen LogP contribution is -2.06. The van der Waals surface area contributed by atoms with Crippen molar-refractivity contribution >= 4 is 18.0 Å². The molecule has 1 aromatic carbocycles. The van der Waals surface area contributed by atoms with Crippen LogP contribution in [0.4, 0.5) is 0 Å². The van der Waals surface area contributed by atoms with Gasteiger partial charge in [0.2, 0.25) is 0 Å². The molecule has 0 heterocycles. The van der Waals surface area contributed by atoms with Crippen molar-refractivity contribution in [2.24, 2.45) is 0 Å². The first-order chi connectivity index (χ1) is 8.56. The minimum atomic E-state index is -1.03. The summed E-state index contributed by atoms with van der Waals surface area (Å²) in [6.07, 6.45) is 2.71. The molecule has 0 bridgehead atoms. The van der Waals surface area contributed by atoms with E-state index in [2.05, 4.69) is 0 Å². The lowest BCUT2D eigenvalue weighted by Gasteiger charge is -2.09. The lowest BCUT2D eigenvalue weighted by atomic mass is 10.2. The summed E-state index contributed by atoms with van der Waals surface area (Å²) in [5.74, 6) is -0.696. The summed E-state index contributed by atoms with van der Waals surface area (Å²) in [5.41, 5.74) is 0.644. The third-order valence-corrected chi connectivity index (χ3v) is 2.12. The van der Waals surface area contributed by atoms with Crippen molar-refractivity contribution in [1.82, 2.24) is 0 Å². The molecule has 0 saturated carbocycles. The second-order valence-electron chi connectivity index (χ2n) is 3.41. The van der Waals surface area contributed by atoms with Crippen LogP contribution >= 0.6 is 0 Å². The number of ether oxygens (including phenoxy) is 2. The van der Waals surface area contributed by atoms with E-state index in [9.17, 15) is 9.59 Å². The Morgan fingerprint density at radius 1 is 1.33 bits per heavy atom. The first-order valence-corrected chi connectivity index (χ1v) is 5.36. The Morgan fingerprint density at radius 3 is 2.61 bits per heavy atom. The van der Waals surface area contributed by atoms with Gasteiger partial charge in [0.1, 0.15) is 0 Å². The van der Waals surface area contributed by atoms with Gasteiger partial charge in [-0.2, -0.15) is 0 Å². The Bertz CT molecular complexity index is 476. The number of aliphatic carboxylic acids is 1. The summed E-state index contributed by atoms with van der Waals surface area (Å²) in [4.78, 5) is 21.6. The van der Waals surface area contributed by atoms with Crippen LogP contribution in [0.15, 0.2) is 24.3 Å².